The van der Waals surface area contributed by atoms with Crippen molar-refractivity contribution in [2.24, 2.45) is 34.0 Å². The molecule has 4 aliphatic carbocycles. The predicted molar refractivity (Wildman–Crippen MR) is 95.2 cm³/mol. The topological polar surface area (TPSA) is 96.2 Å². The summed E-state index contributed by atoms with van der Waals surface area (Å²) in [6.07, 6.45) is 0.267. The molecule has 2 bridgehead atoms. The van der Waals surface area contributed by atoms with Gasteiger partial charge in [0.1, 0.15) is 11.5 Å². The third-order valence-electron chi connectivity index (χ3n) is 9.12. The number of ether oxygens (including phenoxy) is 2. The van der Waals surface area contributed by atoms with E-state index in [2.05, 4.69) is 20.4 Å². The Kier molecular flexibility index (Phi) is 3.40. The highest BCUT2D eigenvalue weighted by Crippen LogP contribution is 2.74. The van der Waals surface area contributed by atoms with Gasteiger partial charge >= 0.3 is 0 Å². The minimum absolute atomic E-state index is 0.157. The number of ketones is 1. The molecule has 1 spiro atoms. The highest BCUT2D eigenvalue weighted by Gasteiger charge is 2.84. The van der Waals surface area contributed by atoms with Crippen LogP contribution in [0.5, 0.6) is 0 Å². The zero-order chi connectivity index (χ0) is 19.6. The van der Waals surface area contributed by atoms with Crippen LogP contribution in [0.15, 0.2) is 12.2 Å². The number of carbonyl (C=O) groups is 1. The van der Waals surface area contributed by atoms with E-state index in [-0.39, 0.29) is 29.8 Å². The van der Waals surface area contributed by atoms with Crippen LogP contribution < -0.4 is 0 Å². The largest absolute Gasteiger partial charge is 0.393 e. The van der Waals surface area contributed by atoms with Crippen LogP contribution >= 0.6 is 0 Å². The summed E-state index contributed by atoms with van der Waals surface area (Å²) in [4.78, 5) is 13.6. The first-order valence-electron chi connectivity index (χ1n) is 10.1. The van der Waals surface area contributed by atoms with Gasteiger partial charge in [0.25, 0.3) is 0 Å². The molecule has 1 heterocycles. The van der Waals surface area contributed by atoms with E-state index in [1.807, 2.05) is 6.92 Å². The fourth-order valence-corrected chi connectivity index (χ4v) is 8.10. The summed E-state index contributed by atoms with van der Waals surface area (Å²) in [5, 5.41) is 34.5. The van der Waals surface area contributed by atoms with Crippen LogP contribution in [0, 0.1) is 34.0 Å². The van der Waals surface area contributed by atoms with Crippen molar-refractivity contribution >= 4 is 5.78 Å². The van der Waals surface area contributed by atoms with Crippen molar-refractivity contribution in [3.05, 3.63) is 12.2 Å². The van der Waals surface area contributed by atoms with Gasteiger partial charge in [-0.05, 0) is 42.6 Å². The maximum Gasteiger partial charge on any atom is 0.210 e. The molecule has 0 aromatic carbocycles. The summed E-state index contributed by atoms with van der Waals surface area (Å²) >= 11 is 0. The Balaban J connectivity index is 1.81. The molecule has 9 atom stereocenters. The number of hydrogen-bond acceptors (Lipinski definition) is 6. The van der Waals surface area contributed by atoms with Gasteiger partial charge in [0, 0.05) is 17.3 Å². The van der Waals surface area contributed by atoms with E-state index in [9.17, 15) is 20.1 Å². The van der Waals surface area contributed by atoms with Crippen molar-refractivity contribution in [2.45, 2.75) is 70.6 Å². The molecule has 27 heavy (non-hydrogen) atoms. The van der Waals surface area contributed by atoms with Crippen molar-refractivity contribution in [1.82, 2.24) is 0 Å². The summed E-state index contributed by atoms with van der Waals surface area (Å²) in [6.45, 7) is 10.00. The Morgan fingerprint density at radius 1 is 1.15 bits per heavy atom. The molecule has 0 aromatic heterocycles. The second-order valence-corrected chi connectivity index (χ2v) is 10.3. The maximum absolute atomic E-state index is 13.6. The lowest BCUT2D eigenvalue weighted by molar-refractivity contribution is -0.449. The standard InChI is InChI=1S/C21H30O6/c1-10-11-5-6-12-19(4)13(22)7-8-18(2,3)14(19)16(24)21(25)20(12,15(10)23)17(11)26-9-27-21/h11-14,16-17,22,24-25H,1,5-9H2,2-4H3/t11-,12?,13-,14+,16-,17-,19+,20-,21+/m0/s1. The third kappa shape index (κ3) is 1.67. The minimum atomic E-state index is -2.02. The molecule has 5 fully saturated rings. The summed E-state index contributed by atoms with van der Waals surface area (Å²) < 4.78 is 11.6. The Morgan fingerprint density at radius 2 is 1.85 bits per heavy atom. The summed E-state index contributed by atoms with van der Waals surface area (Å²) in [5.74, 6) is -3.17. The average Bonchev–Trinajstić information content (AvgIpc) is 2.75. The predicted octanol–water partition coefficient (Wildman–Crippen LogP) is 1.38. The summed E-state index contributed by atoms with van der Waals surface area (Å²) in [5.41, 5.74) is -1.96. The van der Waals surface area contributed by atoms with Gasteiger partial charge in [-0.3, -0.25) is 4.79 Å². The normalized spacial score (nSPS) is 58.6. The van der Waals surface area contributed by atoms with Crippen LogP contribution in [0.1, 0.15) is 46.5 Å². The van der Waals surface area contributed by atoms with Gasteiger partial charge in [0.2, 0.25) is 5.79 Å². The van der Waals surface area contributed by atoms with Gasteiger partial charge in [-0.2, -0.15) is 0 Å². The smallest absolute Gasteiger partial charge is 0.210 e. The van der Waals surface area contributed by atoms with Gasteiger partial charge in [0.15, 0.2) is 12.6 Å². The Morgan fingerprint density at radius 3 is 2.56 bits per heavy atom. The average molecular weight is 378 g/mol. The first-order valence-corrected chi connectivity index (χ1v) is 10.1. The molecule has 6 heteroatoms. The van der Waals surface area contributed by atoms with Crippen LogP contribution in [-0.2, 0) is 14.3 Å². The molecule has 1 unspecified atom stereocenters. The highest BCUT2D eigenvalue weighted by atomic mass is 16.7. The number of Topliss-reactive ketones (excluding diaryl/α,β-unsaturated/α-hetero) is 1. The molecule has 3 N–H and O–H groups in total. The van der Waals surface area contributed by atoms with E-state index >= 15 is 0 Å². The molecule has 0 amide bonds. The lowest BCUT2D eigenvalue weighted by Crippen LogP contribution is -2.82. The molecule has 5 aliphatic rings. The van der Waals surface area contributed by atoms with E-state index in [4.69, 9.17) is 9.47 Å². The quantitative estimate of drug-likeness (QED) is 0.551. The van der Waals surface area contributed by atoms with Crippen molar-refractivity contribution in [2.75, 3.05) is 6.79 Å². The van der Waals surface area contributed by atoms with E-state index in [0.717, 1.165) is 12.8 Å². The fraction of sp³-hybridized carbons (Fsp3) is 0.857. The van der Waals surface area contributed by atoms with Crippen molar-refractivity contribution in [3.8, 4) is 0 Å². The molecule has 1 aliphatic heterocycles. The zero-order valence-electron chi connectivity index (χ0n) is 16.3. The molecule has 5 rings (SSSR count). The molecule has 6 nitrogen and oxygen atoms in total. The molecule has 150 valence electrons. The van der Waals surface area contributed by atoms with E-state index in [0.29, 0.717) is 18.4 Å². The first-order chi connectivity index (χ1) is 12.5. The second-order valence-electron chi connectivity index (χ2n) is 10.3. The Hall–Kier alpha value is -0.790. The van der Waals surface area contributed by atoms with Gasteiger partial charge in [-0.15, -0.1) is 0 Å². The van der Waals surface area contributed by atoms with Crippen LogP contribution in [-0.4, -0.2) is 52.0 Å². The van der Waals surface area contributed by atoms with Crippen molar-refractivity contribution in [3.63, 3.8) is 0 Å². The Bertz CT molecular complexity index is 732. The van der Waals surface area contributed by atoms with E-state index in [1.165, 1.54) is 0 Å². The van der Waals surface area contributed by atoms with Gasteiger partial charge < -0.3 is 24.8 Å². The molecule has 4 saturated carbocycles. The van der Waals surface area contributed by atoms with Gasteiger partial charge in [0.05, 0.1) is 12.2 Å². The third-order valence-corrected chi connectivity index (χ3v) is 9.12. The van der Waals surface area contributed by atoms with Crippen LogP contribution in [0.4, 0.5) is 0 Å². The molecule has 1 saturated heterocycles. The fourth-order valence-electron chi connectivity index (χ4n) is 8.10. The monoisotopic (exact) mass is 378 g/mol. The number of carbonyl (C=O) groups excluding carboxylic acids is 1. The zero-order valence-corrected chi connectivity index (χ0v) is 16.3. The number of rotatable bonds is 0. The number of hydrogen-bond donors (Lipinski definition) is 3. The van der Waals surface area contributed by atoms with E-state index < -0.39 is 40.8 Å². The second kappa shape index (κ2) is 5.03. The molecule has 0 aromatic rings. The van der Waals surface area contributed by atoms with Crippen molar-refractivity contribution in [1.29, 1.82) is 0 Å². The maximum atomic E-state index is 13.6. The molecular formula is C21H30O6. The summed E-state index contributed by atoms with van der Waals surface area (Å²) in [6, 6.07) is 0. The molecular weight excluding hydrogens is 348 g/mol. The highest BCUT2D eigenvalue weighted by molar-refractivity contribution is 6.05. The minimum Gasteiger partial charge on any atom is -0.393 e. The number of aliphatic hydroxyl groups is 3. The Labute approximate surface area is 159 Å². The SMILES string of the molecule is C=C1C(=O)[C@@]23C4CC[C@@H]1[C@@H]2OCO[C@]3(O)[C@@H](O)[C@@H]1C(C)(C)CC[C@H](O)[C@@]41C. The summed E-state index contributed by atoms with van der Waals surface area (Å²) in [7, 11) is 0. The van der Waals surface area contributed by atoms with Gasteiger partial charge in [-0.25, -0.2) is 0 Å². The number of aliphatic hydroxyl groups excluding tert-OH is 2. The van der Waals surface area contributed by atoms with Gasteiger partial charge in [-0.1, -0.05) is 27.4 Å². The lowest BCUT2D eigenvalue weighted by Gasteiger charge is -2.71. The van der Waals surface area contributed by atoms with Crippen LogP contribution in [0.3, 0.4) is 0 Å². The lowest BCUT2D eigenvalue weighted by atomic mass is 9.37. The molecule has 0 radical (unpaired) electrons. The van der Waals surface area contributed by atoms with Crippen LogP contribution in [0.25, 0.3) is 0 Å². The first kappa shape index (κ1) is 18.3. The van der Waals surface area contributed by atoms with E-state index in [1.54, 1.807) is 0 Å². The van der Waals surface area contributed by atoms with Crippen LogP contribution in [0.2, 0.25) is 0 Å². The van der Waals surface area contributed by atoms with Crippen molar-refractivity contribution < 1.29 is 29.6 Å². The number of fused-ring (bicyclic) bond motifs is 2.